The number of nitrogens with zero attached hydrogens (tertiary/aromatic N) is 4. The molecule has 0 saturated heterocycles. The molecule has 2 heterocycles. The largest absolute Gasteiger partial charge is 0.487 e. The number of pyridine rings is 1. The number of alkyl halides is 2. The third-order valence-corrected chi connectivity index (χ3v) is 6.85. The van der Waals surface area contributed by atoms with Gasteiger partial charge in [0.1, 0.15) is 36.6 Å². The van der Waals surface area contributed by atoms with Crippen LogP contribution in [0.3, 0.4) is 0 Å². The van der Waals surface area contributed by atoms with Gasteiger partial charge in [0.15, 0.2) is 0 Å². The molecule has 0 aliphatic heterocycles. The van der Waals surface area contributed by atoms with Gasteiger partial charge in [0, 0.05) is 21.7 Å². The van der Waals surface area contributed by atoms with E-state index in [0.29, 0.717) is 28.3 Å². The number of fused-ring (bicyclic) bond motifs is 1. The average Bonchev–Trinajstić information content (AvgIpc) is 3.35. The number of benzene rings is 2. The van der Waals surface area contributed by atoms with E-state index in [1.165, 1.54) is 6.33 Å². The van der Waals surface area contributed by atoms with Crippen molar-refractivity contribution in [1.29, 1.82) is 0 Å². The summed E-state index contributed by atoms with van der Waals surface area (Å²) in [5.74, 6) is 0.610. The van der Waals surface area contributed by atoms with Crippen molar-refractivity contribution in [2.75, 3.05) is 6.61 Å². The van der Waals surface area contributed by atoms with Crippen LogP contribution < -0.4 is 10.1 Å². The summed E-state index contributed by atoms with van der Waals surface area (Å²) in [4.78, 5) is 21.5. The van der Waals surface area contributed by atoms with Gasteiger partial charge in [-0.05, 0) is 56.5 Å². The van der Waals surface area contributed by atoms with E-state index in [9.17, 15) is 13.6 Å². The summed E-state index contributed by atoms with van der Waals surface area (Å²) in [7, 11) is 0. The van der Waals surface area contributed by atoms with Crippen LogP contribution in [0.1, 0.15) is 54.0 Å². The minimum absolute atomic E-state index is 0.0845. The van der Waals surface area contributed by atoms with Crippen molar-refractivity contribution in [3.63, 3.8) is 0 Å². The Morgan fingerprint density at radius 1 is 1.24 bits per heavy atom. The van der Waals surface area contributed by atoms with Crippen molar-refractivity contribution in [3.8, 4) is 11.4 Å². The maximum absolute atomic E-state index is 13.7. The Kier molecular flexibility index (Phi) is 9.35. The molecule has 8 nitrogen and oxygen atoms in total. The Hall–Kier alpha value is -3.89. The topological polar surface area (TPSA) is 91.2 Å². The number of carbonyl (C=O) groups is 1. The van der Waals surface area contributed by atoms with Crippen LogP contribution in [0.25, 0.3) is 16.6 Å². The van der Waals surface area contributed by atoms with E-state index in [1.54, 1.807) is 4.68 Å². The monoisotopic (exact) mass is 583 g/mol. The van der Waals surface area contributed by atoms with Crippen LogP contribution in [0.5, 0.6) is 5.75 Å². The molecular formula is C30H32ClF2N5O3. The standard InChI is InChI=1S/C30H32ClF2N5O3/c1-6-11-30(32,33)41-16-28(39)37-25(7-2)22-12-18(3)13-24(31)23(22)15-40-27-10-8-9-21-26(14-19(4)36-29(21)27)38-20(5)34-17-35-38/h6,8-10,12-14,17,25H,1,7,11,15-16H2,2-5H3,(H,37,39)/t25-/m0/s1. The maximum Gasteiger partial charge on any atom is 0.359 e. The van der Waals surface area contributed by atoms with Crippen molar-refractivity contribution < 1.29 is 23.0 Å². The van der Waals surface area contributed by atoms with Gasteiger partial charge >= 0.3 is 6.11 Å². The summed E-state index contributed by atoms with van der Waals surface area (Å²) < 4.78 is 40.0. The first-order chi connectivity index (χ1) is 19.5. The van der Waals surface area contributed by atoms with E-state index in [2.05, 4.69) is 26.7 Å². The van der Waals surface area contributed by atoms with Crippen LogP contribution in [0.4, 0.5) is 8.78 Å². The lowest BCUT2D eigenvalue weighted by molar-refractivity contribution is -0.233. The molecule has 2 aromatic heterocycles. The molecule has 4 rings (SSSR count). The lowest BCUT2D eigenvalue weighted by Gasteiger charge is -2.23. The van der Waals surface area contributed by atoms with Crippen LogP contribution in [0, 0.1) is 20.8 Å². The highest BCUT2D eigenvalue weighted by atomic mass is 35.5. The molecule has 2 aromatic carbocycles. The van der Waals surface area contributed by atoms with Crippen molar-refractivity contribution in [3.05, 3.63) is 88.6 Å². The molecule has 0 aliphatic carbocycles. The molecule has 1 amide bonds. The zero-order valence-electron chi connectivity index (χ0n) is 23.4. The molecule has 1 atom stereocenters. The maximum atomic E-state index is 13.7. The van der Waals surface area contributed by atoms with E-state index in [1.807, 2.05) is 64.1 Å². The highest BCUT2D eigenvalue weighted by Gasteiger charge is 2.29. The highest BCUT2D eigenvalue weighted by Crippen LogP contribution is 2.33. The second kappa shape index (κ2) is 12.7. The van der Waals surface area contributed by atoms with E-state index in [4.69, 9.17) is 21.3 Å². The van der Waals surface area contributed by atoms with Crippen molar-refractivity contribution >= 4 is 28.4 Å². The van der Waals surface area contributed by atoms with Gasteiger partial charge in [0.05, 0.1) is 18.2 Å². The lowest BCUT2D eigenvalue weighted by atomic mass is 9.96. The van der Waals surface area contributed by atoms with Gasteiger partial charge in [-0.15, -0.1) is 6.58 Å². The summed E-state index contributed by atoms with van der Waals surface area (Å²) in [6, 6.07) is 10.8. The van der Waals surface area contributed by atoms with Crippen LogP contribution in [-0.4, -0.2) is 38.4 Å². The van der Waals surface area contributed by atoms with Crippen LogP contribution >= 0.6 is 11.6 Å². The molecule has 0 radical (unpaired) electrons. The van der Waals surface area contributed by atoms with Crippen LogP contribution in [0.15, 0.2) is 55.4 Å². The fourth-order valence-electron chi connectivity index (χ4n) is 4.60. The molecule has 41 heavy (non-hydrogen) atoms. The number of carbonyl (C=O) groups excluding carboxylic acids is 1. The van der Waals surface area contributed by atoms with Gasteiger partial charge in [-0.25, -0.2) is 14.6 Å². The van der Waals surface area contributed by atoms with Gasteiger partial charge < -0.3 is 14.8 Å². The molecule has 0 unspecified atom stereocenters. The number of aryl methyl sites for hydroxylation is 3. The van der Waals surface area contributed by atoms with Gasteiger partial charge in [0.25, 0.3) is 0 Å². The number of hydrogen-bond donors (Lipinski definition) is 1. The first kappa shape index (κ1) is 30.1. The number of ether oxygens (including phenoxy) is 2. The Morgan fingerprint density at radius 2 is 2.02 bits per heavy atom. The number of amides is 1. The first-order valence-electron chi connectivity index (χ1n) is 13.1. The summed E-state index contributed by atoms with van der Waals surface area (Å²) in [6.07, 6.45) is -1.13. The SMILES string of the molecule is C=CCC(F)(F)OCC(=O)N[C@@H](CC)c1cc(C)cc(Cl)c1COc1cccc2c(-n3ncnc3C)cc(C)nc12. The summed E-state index contributed by atoms with van der Waals surface area (Å²) in [5, 5.41) is 8.44. The summed E-state index contributed by atoms with van der Waals surface area (Å²) >= 11 is 6.69. The third-order valence-electron chi connectivity index (χ3n) is 6.52. The zero-order valence-corrected chi connectivity index (χ0v) is 24.1. The van der Waals surface area contributed by atoms with E-state index in [-0.39, 0.29) is 6.61 Å². The van der Waals surface area contributed by atoms with Gasteiger partial charge in [-0.2, -0.15) is 13.9 Å². The van der Waals surface area contributed by atoms with E-state index in [0.717, 1.165) is 39.8 Å². The Labute approximate surface area is 242 Å². The predicted octanol–water partition coefficient (Wildman–Crippen LogP) is 6.73. The number of rotatable bonds is 12. The molecule has 0 spiro atoms. The van der Waals surface area contributed by atoms with Crippen LogP contribution in [-0.2, 0) is 16.1 Å². The van der Waals surface area contributed by atoms with Crippen molar-refractivity contribution in [2.45, 2.75) is 59.3 Å². The smallest absolute Gasteiger partial charge is 0.359 e. The molecule has 11 heteroatoms. The molecule has 0 saturated carbocycles. The minimum atomic E-state index is -3.47. The number of aromatic nitrogens is 4. The van der Waals surface area contributed by atoms with Gasteiger partial charge in [0.2, 0.25) is 5.91 Å². The van der Waals surface area contributed by atoms with Crippen molar-refractivity contribution in [1.82, 2.24) is 25.1 Å². The highest BCUT2D eigenvalue weighted by molar-refractivity contribution is 6.31. The molecule has 0 fully saturated rings. The number of nitrogens with one attached hydrogen (secondary N) is 1. The lowest BCUT2D eigenvalue weighted by Crippen LogP contribution is -2.35. The van der Waals surface area contributed by atoms with E-state index >= 15 is 0 Å². The second-order valence-corrected chi connectivity index (χ2v) is 10.1. The Bertz CT molecular complexity index is 1570. The predicted molar refractivity (Wildman–Crippen MR) is 154 cm³/mol. The summed E-state index contributed by atoms with van der Waals surface area (Å²) in [6.45, 7) is 10.1. The molecule has 0 aliphatic rings. The number of halogens is 3. The Balaban J connectivity index is 1.62. The zero-order chi connectivity index (χ0) is 29.7. The van der Waals surface area contributed by atoms with Crippen LogP contribution in [0.2, 0.25) is 5.02 Å². The second-order valence-electron chi connectivity index (χ2n) is 9.70. The average molecular weight is 584 g/mol. The van der Waals surface area contributed by atoms with E-state index < -0.39 is 31.1 Å². The quantitative estimate of drug-likeness (QED) is 0.186. The van der Waals surface area contributed by atoms with Gasteiger partial charge in [-0.1, -0.05) is 42.8 Å². The first-order valence-corrected chi connectivity index (χ1v) is 13.5. The summed E-state index contributed by atoms with van der Waals surface area (Å²) in [5.41, 5.74) is 4.54. The third kappa shape index (κ3) is 7.07. The van der Waals surface area contributed by atoms with Gasteiger partial charge in [-0.3, -0.25) is 4.79 Å². The Morgan fingerprint density at radius 3 is 2.71 bits per heavy atom. The molecular weight excluding hydrogens is 552 g/mol. The molecule has 4 aromatic rings. The number of hydrogen-bond acceptors (Lipinski definition) is 6. The van der Waals surface area contributed by atoms with Crippen molar-refractivity contribution in [2.24, 2.45) is 0 Å². The molecule has 1 N–H and O–H groups in total. The normalized spacial score (nSPS) is 12.4. The number of para-hydroxylation sites is 1. The fraction of sp³-hybridized carbons (Fsp3) is 0.333. The minimum Gasteiger partial charge on any atom is -0.487 e. The molecule has 0 bridgehead atoms. The molecule has 216 valence electrons. The fourth-order valence-corrected chi connectivity index (χ4v) is 4.94.